The summed E-state index contributed by atoms with van der Waals surface area (Å²) in [7, 11) is 0. The van der Waals surface area contributed by atoms with Crippen molar-refractivity contribution < 1.29 is 19.4 Å². The second-order valence-corrected chi connectivity index (χ2v) is 7.80. The molecule has 1 aliphatic heterocycles. The van der Waals surface area contributed by atoms with E-state index in [-0.39, 0.29) is 18.4 Å². The van der Waals surface area contributed by atoms with Crippen molar-refractivity contribution in [3.63, 3.8) is 0 Å². The minimum absolute atomic E-state index is 0.0579. The maximum absolute atomic E-state index is 12.2. The van der Waals surface area contributed by atoms with Crippen molar-refractivity contribution >= 4 is 17.5 Å². The first kappa shape index (κ1) is 21.0. The van der Waals surface area contributed by atoms with Gasteiger partial charge in [0, 0.05) is 12.2 Å². The number of hydrogen-bond acceptors (Lipinski definition) is 4. The number of carbonyl (C=O) groups excluding carboxylic acids is 2. The van der Waals surface area contributed by atoms with Gasteiger partial charge in [0.15, 0.2) is 0 Å². The fourth-order valence-corrected chi connectivity index (χ4v) is 3.49. The Kier molecular flexibility index (Phi) is 7.01. The first-order valence-electron chi connectivity index (χ1n) is 9.93. The molecule has 2 aromatic rings. The third kappa shape index (κ3) is 5.65. The van der Waals surface area contributed by atoms with Gasteiger partial charge in [-0.3, -0.25) is 9.59 Å². The molecule has 2 aromatic carbocycles. The van der Waals surface area contributed by atoms with Gasteiger partial charge in [-0.2, -0.15) is 0 Å². The van der Waals surface area contributed by atoms with Crippen LogP contribution < -0.4 is 5.32 Å². The van der Waals surface area contributed by atoms with Gasteiger partial charge in [-0.25, -0.2) is 0 Å². The monoisotopic (exact) mass is 396 g/mol. The van der Waals surface area contributed by atoms with Crippen LogP contribution in [0.4, 0.5) is 5.69 Å². The predicted octanol–water partition coefficient (Wildman–Crippen LogP) is 2.78. The number of rotatable bonds is 7. The molecule has 0 bridgehead atoms. The highest BCUT2D eigenvalue weighted by Gasteiger charge is 2.34. The van der Waals surface area contributed by atoms with Crippen LogP contribution in [0.25, 0.3) is 0 Å². The summed E-state index contributed by atoms with van der Waals surface area (Å²) in [5.74, 6) is 0.103. The molecule has 29 heavy (non-hydrogen) atoms. The lowest BCUT2D eigenvalue weighted by atomic mass is 9.99. The number of ether oxygens (including phenoxy) is 1. The van der Waals surface area contributed by atoms with Crippen molar-refractivity contribution in [1.29, 1.82) is 0 Å². The van der Waals surface area contributed by atoms with Crippen LogP contribution in [0.5, 0.6) is 0 Å². The van der Waals surface area contributed by atoms with E-state index in [1.807, 2.05) is 44.2 Å². The molecule has 0 spiro atoms. The van der Waals surface area contributed by atoms with E-state index in [2.05, 4.69) is 5.32 Å². The van der Waals surface area contributed by atoms with E-state index in [0.717, 1.165) is 5.56 Å². The van der Waals surface area contributed by atoms with Crippen molar-refractivity contribution in [3.8, 4) is 0 Å². The highest BCUT2D eigenvalue weighted by atomic mass is 16.5. The van der Waals surface area contributed by atoms with E-state index < -0.39 is 12.1 Å². The number of anilines is 1. The molecule has 2 N–H and O–H groups in total. The number of benzene rings is 2. The molecule has 2 amide bonds. The summed E-state index contributed by atoms with van der Waals surface area (Å²) in [5.41, 5.74) is 2.30. The molecule has 154 valence electrons. The Balaban J connectivity index is 1.64. The number of morpholine rings is 1. The Bertz CT molecular complexity index is 821. The van der Waals surface area contributed by atoms with E-state index in [1.54, 1.807) is 29.2 Å². The fourth-order valence-electron chi connectivity index (χ4n) is 3.49. The average molecular weight is 396 g/mol. The van der Waals surface area contributed by atoms with Crippen molar-refractivity contribution in [2.45, 2.75) is 32.4 Å². The van der Waals surface area contributed by atoms with Crippen LogP contribution in [0.15, 0.2) is 54.6 Å². The third-order valence-corrected chi connectivity index (χ3v) is 4.90. The maximum Gasteiger partial charge on any atom is 0.249 e. The fraction of sp³-hybridized carbons (Fsp3) is 0.391. The standard InChI is InChI=1S/C23H28N2O4/c1-16(2)13-25-20(14-29-15-22(25)27)23(28)18-8-10-19(11-9-18)24-21(26)12-17-6-4-3-5-7-17/h3-11,16,20,23,28H,12-15H2,1-2H3,(H,24,26). The molecule has 3 rings (SSSR count). The van der Waals surface area contributed by atoms with Gasteiger partial charge in [0.2, 0.25) is 11.8 Å². The van der Waals surface area contributed by atoms with Crippen LogP contribution in [0.1, 0.15) is 31.1 Å². The van der Waals surface area contributed by atoms with Gasteiger partial charge in [0.1, 0.15) is 12.7 Å². The van der Waals surface area contributed by atoms with Gasteiger partial charge >= 0.3 is 0 Å². The second-order valence-electron chi connectivity index (χ2n) is 7.80. The van der Waals surface area contributed by atoms with Crippen LogP contribution in [0, 0.1) is 5.92 Å². The average Bonchev–Trinajstić information content (AvgIpc) is 2.70. The molecule has 1 heterocycles. The van der Waals surface area contributed by atoms with Gasteiger partial charge in [-0.05, 0) is 29.2 Å². The van der Waals surface area contributed by atoms with E-state index in [9.17, 15) is 14.7 Å². The van der Waals surface area contributed by atoms with E-state index in [4.69, 9.17) is 4.74 Å². The Hall–Kier alpha value is -2.70. The largest absolute Gasteiger partial charge is 0.386 e. The molecule has 6 nitrogen and oxygen atoms in total. The van der Waals surface area contributed by atoms with Crippen LogP contribution in [-0.4, -0.2) is 47.6 Å². The molecule has 1 aliphatic rings. The number of aliphatic hydroxyl groups excluding tert-OH is 1. The highest BCUT2D eigenvalue weighted by Crippen LogP contribution is 2.26. The van der Waals surface area contributed by atoms with Gasteiger partial charge in [-0.1, -0.05) is 56.3 Å². The molecule has 6 heteroatoms. The summed E-state index contributed by atoms with van der Waals surface area (Å²) >= 11 is 0. The summed E-state index contributed by atoms with van der Waals surface area (Å²) < 4.78 is 5.37. The molecular formula is C23H28N2O4. The summed E-state index contributed by atoms with van der Waals surface area (Å²) in [6.07, 6.45) is -0.552. The number of amides is 2. The number of nitrogens with zero attached hydrogens (tertiary/aromatic N) is 1. The molecule has 0 aromatic heterocycles. The smallest absolute Gasteiger partial charge is 0.249 e. The topological polar surface area (TPSA) is 78.9 Å². The van der Waals surface area contributed by atoms with E-state index >= 15 is 0 Å². The van der Waals surface area contributed by atoms with Crippen LogP contribution >= 0.6 is 0 Å². The molecule has 0 radical (unpaired) electrons. The zero-order valence-corrected chi connectivity index (χ0v) is 16.9. The van der Waals surface area contributed by atoms with Gasteiger partial charge < -0.3 is 20.1 Å². The Morgan fingerprint density at radius 1 is 1.17 bits per heavy atom. The van der Waals surface area contributed by atoms with Crippen molar-refractivity contribution in [2.75, 3.05) is 25.1 Å². The molecule has 1 saturated heterocycles. The molecule has 0 saturated carbocycles. The number of carbonyl (C=O) groups is 2. The molecule has 2 atom stereocenters. The molecule has 2 unspecified atom stereocenters. The Morgan fingerprint density at radius 2 is 1.86 bits per heavy atom. The quantitative estimate of drug-likeness (QED) is 0.754. The first-order chi connectivity index (χ1) is 13.9. The Morgan fingerprint density at radius 3 is 2.52 bits per heavy atom. The number of aliphatic hydroxyl groups is 1. The van der Waals surface area contributed by atoms with Gasteiger partial charge in [0.05, 0.1) is 19.1 Å². The number of nitrogens with one attached hydrogen (secondary N) is 1. The zero-order valence-electron chi connectivity index (χ0n) is 16.9. The first-order valence-corrected chi connectivity index (χ1v) is 9.93. The van der Waals surface area contributed by atoms with Gasteiger partial charge in [-0.15, -0.1) is 0 Å². The van der Waals surface area contributed by atoms with Crippen molar-refractivity contribution in [3.05, 3.63) is 65.7 Å². The van der Waals surface area contributed by atoms with Crippen LogP contribution in [0.2, 0.25) is 0 Å². The summed E-state index contributed by atoms with van der Waals surface area (Å²) in [5, 5.41) is 13.7. The minimum atomic E-state index is -0.855. The predicted molar refractivity (Wildman–Crippen MR) is 111 cm³/mol. The lowest BCUT2D eigenvalue weighted by Crippen LogP contribution is -2.53. The van der Waals surface area contributed by atoms with Crippen molar-refractivity contribution in [2.24, 2.45) is 5.92 Å². The third-order valence-electron chi connectivity index (χ3n) is 4.90. The zero-order chi connectivity index (χ0) is 20.8. The van der Waals surface area contributed by atoms with E-state index in [1.165, 1.54) is 0 Å². The molecule has 0 aliphatic carbocycles. The highest BCUT2D eigenvalue weighted by molar-refractivity contribution is 5.92. The van der Waals surface area contributed by atoms with Crippen LogP contribution in [0.3, 0.4) is 0 Å². The maximum atomic E-state index is 12.2. The minimum Gasteiger partial charge on any atom is -0.386 e. The SMILES string of the molecule is CC(C)CN1C(=O)COCC1C(O)c1ccc(NC(=O)Cc2ccccc2)cc1. The molecular weight excluding hydrogens is 368 g/mol. The van der Waals surface area contributed by atoms with Crippen molar-refractivity contribution in [1.82, 2.24) is 4.90 Å². The Labute approximate surface area is 171 Å². The molecule has 1 fully saturated rings. The second kappa shape index (κ2) is 9.67. The lowest BCUT2D eigenvalue weighted by molar-refractivity contribution is -0.155. The number of hydrogen-bond donors (Lipinski definition) is 2. The van der Waals surface area contributed by atoms with E-state index in [0.29, 0.717) is 36.7 Å². The normalized spacial score (nSPS) is 18.0. The summed E-state index contributed by atoms with van der Waals surface area (Å²) in [4.78, 5) is 26.2. The van der Waals surface area contributed by atoms with Crippen LogP contribution in [-0.2, 0) is 20.7 Å². The summed E-state index contributed by atoms with van der Waals surface area (Å²) in [6, 6.07) is 16.2. The lowest BCUT2D eigenvalue weighted by Gasteiger charge is -2.39. The van der Waals surface area contributed by atoms with Gasteiger partial charge in [0.25, 0.3) is 0 Å². The summed E-state index contributed by atoms with van der Waals surface area (Å²) in [6.45, 7) is 5.02.